The number of anilines is 1. The summed E-state index contributed by atoms with van der Waals surface area (Å²) in [6.45, 7) is 1.53. The van der Waals surface area contributed by atoms with Gasteiger partial charge in [-0.15, -0.1) is 0 Å². The Morgan fingerprint density at radius 1 is 0.974 bits per heavy atom. The molecule has 0 aromatic heterocycles. The molecular formula is C25H19Cl3F3N3O4. The number of rotatable bonds is 9. The Labute approximate surface area is 230 Å². The highest BCUT2D eigenvalue weighted by Crippen LogP contribution is 2.36. The topological polar surface area (TPSA) is 89.0 Å². The molecule has 3 aromatic rings. The fraction of sp³-hybridized carbons (Fsp3) is 0.160. The largest absolute Gasteiger partial charge is 0.490 e. The van der Waals surface area contributed by atoms with Gasteiger partial charge in [-0.2, -0.15) is 18.3 Å². The molecule has 0 heterocycles. The van der Waals surface area contributed by atoms with E-state index in [9.17, 15) is 22.8 Å². The molecule has 7 nitrogen and oxygen atoms in total. The van der Waals surface area contributed by atoms with Gasteiger partial charge in [-0.25, -0.2) is 5.43 Å². The number of hydrogen-bond acceptors (Lipinski definition) is 5. The summed E-state index contributed by atoms with van der Waals surface area (Å²) in [5.74, 6) is -1.29. The monoisotopic (exact) mass is 587 g/mol. The van der Waals surface area contributed by atoms with Gasteiger partial charge in [0.15, 0.2) is 18.1 Å². The van der Waals surface area contributed by atoms with Crippen molar-refractivity contribution in [2.24, 2.45) is 5.10 Å². The van der Waals surface area contributed by atoms with Crippen LogP contribution in [0.2, 0.25) is 15.1 Å². The third-order valence-corrected chi connectivity index (χ3v) is 5.76. The molecule has 0 unspecified atom stereocenters. The van der Waals surface area contributed by atoms with Gasteiger partial charge in [-0.1, -0.05) is 46.9 Å². The third kappa shape index (κ3) is 7.77. The van der Waals surface area contributed by atoms with Gasteiger partial charge in [-0.3, -0.25) is 9.59 Å². The summed E-state index contributed by atoms with van der Waals surface area (Å²) in [4.78, 5) is 24.6. The average molecular weight is 589 g/mol. The first-order chi connectivity index (χ1) is 18.0. The van der Waals surface area contributed by atoms with E-state index in [4.69, 9.17) is 44.3 Å². The lowest BCUT2D eigenvalue weighted by atomic mass is 10.1. The van der Waals surface area contributed by atoms with Crippen LogP contribution in [-0.4, -0.2) is 31.2 Å². The van der Waals surface area contributed by atoms with Crippen LogP contribution >= 0.6 is 34.8 Å². The van der Waals surface area contributed by atoms with Crippen molar-refractivity contribution in [3.8, 4) is 11.5 Å². The molecule has 3 rings (SSSR count). The van der Waals surface area contributed by atoms with Crippen molar-refractivity contribution in [2.75, 3.05) is 18.5 Å². The fourth-order valence-electron chi connectivity index (χ4n) is 3.13. The van der Waals surface area contributed by atoms with Crippen LogP contribution in [0.1, 0.15) is 28.4 Å². The van der Waals surface area contributed by atoms with E-state index in [1.165, 1.54) is 42.6 Å². The van der Waals surface area contributed by atoms with Gasteiger partial charge in [-0.05, 0) is 55.0 Å². The van der Waals surface area contributed by atoms with Crippen molar-refractivity contribution in [2.45, 2.75) is 13.1 Å². The molecule has 38 heavy (non-hydrogen) atoms. The second-order valence-corrected chi connectivity index (χ2v) is 8.69. The molecule has 2 N–H and O–H groups in total. The summed E-state index contributed by atoms with van der Waals surface area (Å²) in [6.07, 6.45) is -3.53. The molecule has 3 aromatic carbocycles. The van der Waals surface area contributed by atoms with Gasteiger partial charge in [0.05, 0.1) is 39.0 Å². The Kier molecular flexibility index (Phi) is 9.84. The lowest BCUT2D eigenvalue weighted by Gasteiger charge is -2.14. The van der Waals surface area contributed by atoms with Crippen molar-refractivity contribution in [1.82, 2.24) is 5.43 Å². The van der Waals surface area contributed by atoms with Crippen molar-refractivity contribution >= 4 is 58.5 Å². The zero-order valence-corrected chi connectivity index (χ0v) is 21.8. The first-order valence-electron chi connectivity index (χ1n) is 10.8. The SMILES string of the molecule is CCOc1cc(/C=N/NC(=O)c2ccccc2C(F)(F)F)cc(Cl)c1OCC(=O)Nc1ccc(Cl)c(Cl)c1. The van der Waals surface area contributed by atoms with Crippen molar-refractivity contribution in [1.29, 1.82) is 0 Å². The molecule has 0 aliphatic rings. The quantitative estimate of drug-likeness (QED) is 0.211. The van der Waals surface area contributed by atoms with Crippen molar-refractivity contribution in [3.63, 3.8) is 0 Å². The first-order valence-corrected chi connectivity index (χ1v) is 12.0. The second kappa shape index (κ2) is 12.9. The molecule has 0 radical (unpaired) electrons. The summed E-state index contributed by atoms with van der Waals surface area (Å²) < 4.78 is 50.6. The Bertz CT molecular complexity index is 1370. The first kappa shape index (κ1) is 29.1. The van der Waals surface area contributed by atoms with Crippen LogP contribution in [0, 0.1) is 0 Å². The fourth-order valence-corrected chi connectivity index (χ4v) is 3.70. The van der Waals surface area contributed by atoms with Crippen molar-refractivity contribution in [3.05, 3.63) is 86.4 Å². The highest BCUT2D eigenvalue weighted by Gasteiger charge is 2.34. The molecule has 0 bridgehead atoms. The Morgan fingerprint density at radius 3 is 2.39 bits per heavy atom. The maximum Gasteiger partial charge on any atom is 0.417 e. The van der Waals surface area contributed by atoms with E-state index in [1.54, 1.807) is 13.0 Å². The Morgan fingerprint density at radius 2 is 1.71 bits per heavy atom. The molecule has 0 spiro atoms. The average Bonchev–Trinajstić information content (AvgIpc) is 2.85. The van der Waals surface area contributed by atoms with E-state index in [1.807, 2.05) is 0 Å². The van der Waals surface area contributed by atoms with Gasteiger partial charge in [0.25, 0.3) is 11.8 Å². The van der Waals surface area contributed by atoms with E-state index in [0.29, 0.717) is 16.3 Å². The highest BCUT2D eigenvalue weighted by atomic mass is 35.5. The van der Waals surface area contributed by atoms with Crippen LogP contribution in [0.4, 0.5) is 18.9 Å². The number of carbonyl (C=O) groups excluding carboxylic acids is 2. The van der Waals surface area contributed by atoms with E-state index < -0.39 is 35.7 Å². The second-order valence-electron chi connectivity index (χ2n) is 7.47. The number of benzene rings is 3. The lowest BCUT2D eigenvalue weighted by molar-refractivity contribution is -0.138. The van der Waals surface area contributed by atoms with Gasteiger partial charge in [0.2, 0.25) is 0 Å². The Hall–Kier alpha value is -3.47. The van der Waals surface area contributed by atoms with Crippen LogP contribution in [0.3, 0.4) is 0 Å². The van der Waals surface area contributed by atoms with Crippen LogP contribution in [0.5, 0.6) is 11.5 Å². The molecule has 0 atom stereocenters. The van der Waals surface area contributed by atoms with Crippen LogP contribution < -0.4 is 20.2 Å². The van der Waals surface area contributed by atoms with Gasteiger partial charge in [0.1, 0.15) is 0 Å². The maximum atomic E-state index is 13.2. The molecule has 0 aliphatic carbocycles. The third-order valence-electron chi connectivity index (χ3n) is 4.74. The zero-order valence-electron chi connectivity index (χ0n) is 19.5. The normalized spacial score (nSPS) is 11.3. The van der Waals surface area contributed by atoms with Crippen LogP contribution in [0.15, 0.2) is 59.7 Å². The molecule has 0 aliphatic heterocycles. The number of carbonyl (C=O) groups is 2. The number of hydrogen-bond donors (Lipinski definition) is 2. The van der Waals surface area contributed by atoms with Crippen LogP contribution in [-0.2, 0) is 11.0 Å². The minimum Gasteiger partial charge on any atom is -0.490 e. The van der Waals surface area contributed by atoms with Gasteiger partial charge < -0.3 is 14.8 Å². The van der Waals surface area contributed by atoms with E-state index in [-0.39, 0.29) is 28.2 Å². The summed E-state index contributed by atoms with van der Waals surface area (Å²) in [6, 6.07) is 11.8. The molecular weight excluding hydrogens is 570 g/mol. The van der Waals surface area contributed by atoms with Gasteiger partial charge >= 0.3 is 6.18 Å². The lowest BCUT2D eigenvalue weighted by Crippen LogP contribution is -2.22. The number of amides is 2. The molecule has 0 fully saturated rings. The van der Waals surface area contributed by atoms with E-state index in [0.717, 1.165) is 12.1 Å². The van der Waals surface area contributed by atoms with Crippen molar-refractivity contribution < 1.29 is 32.2 Å². The molecule has 200 valence electrons. The van der Waals surface area contributed by atoms with E-state index in [2.05, 4.69) is 15.8 Å². The predicted molar refractivity (Wildman–Crippen MR) is 140 cm³/mol. The summed E-state index contributed by atoms with van der Waals surface area (Å²) >= 11 is 18.1. The summed E-state index contributed by atoms with van der Waals surface area (Å²) in [7, 11) is 0. The highest BCUT2D eigenvalue weighted by molar-refractivity contribution is 6.42. The summed E-state index contributed by atoms with van der Waals surface area (Å²) in [5, 5.41) is 6.99. The number of nitrogens with zero attached hydrogens (tertiary/aromatic N) is 1. The minimum atomic E-state index is -4.70. The number of alkyl halides is 3. The maximum absolute atomic E-state index is 13.2. The zero-order chi connectivity index (χ0) is 27.9. The number of hydrazone groups is 1. The van der Waals surface area contributed by atoms with Crippen LogP contribution in [0.25, 0.3) is 0 Å². The minimum absolute atomic E-state index is 0.0634. The van der Waals surface area contributed by atoms with Gasteiger partial charge in [0, 0.05) is 5.69 Å². The number of nitrogens with one attached hydrogen (secondary N) is 2. The number of ether oxygens (including phenoxy) is 2. The molecule has 0 saturated carbocycles. The molecule has 13 heteroatoms. The standard InChI is InChI=1S/C25H19Cl3F3N3O4/c1-2-37-21-10-14(12-32-34-24(36)16-5-3-4-6-17(16)25(29,30)31)9-20(28)23(21)38-13-22(35)33-15-7-8-18(26)19(27)11-15/h3-12H,2,13H2,1H3,(H,33,35)(H,34,36)/b32-12+. The molecule has 2 amide bonds. The summed E-state index contributed by atoms with van der Waals surface area (Å²) in [5.41, 5.74) is 1.16. The number of halogens is 6. The molecule has 0 saturated heterocycles. The predicted octanol–water partition coefficient (Wildman–Crippen LogP) is 6.85. The Balaban J connectivity index is 1.69. The van der Waals surface area contributed by atoms with E-state index >= 15 is 0 Å². The smallest absolute Gasteiger partial charge is 0.417 e.